The van der Waals surface area contributed by atoms with Crippen LogP contribution in [0.4, 0.5) is 4.79 Å². The molecule has 0 spiro atoms. The van der Waals surface area contributed by atoms with Crippen molar-refractivity contribution < 1.29 is 9.90 Å². The summed E-state index contributed by atoms with van der Waals surface area (Å²) in [6.45, 7) is 2.41. The first-order valence-electron chi connectivity index (χ1n) is 7.72. The van der Waals surface area contributed by atoms with Gasteiger partial charge < -0.3 is 15.3 Å². The Bertz CT molecular complexity index is 796. The third kappa shape index (κ3) is 3.68. The summed E-state index contributed by atoms with van der Waals surface area (Å²) in [5, 5.41) is 14.2. The van der Waals surface area contributed by atoms with Crippen molar-refractivity contribution in [3.8, 4) is 5.75 Å². The van der Waals surface area contributed by atoms with E-state index in [0.717, 1.165) is 22.6 Å². The number of nitrogens with zero attached hydrogens (tertiary/aromatic N) is 3. The minimum atomic E-state index is -0.127. The van der Waals surface area contributed by atoms with Crippen LogP contribution in [0.25, 0.3) is 4.96 Å². The molecule has 0 fully saturated rings. The van der Waals surface area contributed by atoms with Crippen LogP contribution in [0.1, 0.15) is 18.2 Å². The van der Waals surface area contributed by atoms with Gasteiger partial charge in [-0.2, -0.15) is 0 Å². The Labute approximate surface area is 144 Å². The number of carbonyl (C=O) groups is 1. The molecule has 2 amide bonds. The summed E-state index contributed by atoms with van der Waals surface area (Å²) in [6, 6.07) is 6.97. The number of urea groups is 1. The van der Waals surface area contributed by atoms with Crippen LogP contribution in [0.2, 0.25) is 0 Å². The molecule has 1 aromatic carbocycles. The molecule has 3 rings (SSSR count). The highest BCUT2D eigenvalue weighted by molar-refractivity contribution is 7.15. The van der Waals surface area contributed by atoms with Crippen molar-refractivity contribution >= 4 is 22.3 Å². The van der Waals surface area contributed by atoms with E-state index in [9.17, 15) is 9.90 Å². The lowest BCUT2D eigenvalue weighted by Gasteiger charge is -2.25. The maximum Gasteiger partial charge on any atom is 0.317 e. The minimum absolute atomic E-state index is 0.0417. The molecule has 0 saturated carbocycles. The second-order valence-corrected chi connectivity index (χ2v) is 6.69. The largest absolute Gasteiger partial charge is 0.508 e. The van der Waals surface area contributed by atoms with Crippen LogP contribution in [0.15, 0.2) is 42.0 Å². The number of thiazole rings is 1. The van der Waals surface area contributed by atoms with E-state index in [1.54, 1.807) is 35.4 Å². The van der Waals surface area contributed by atoms with Gasteiger partial charge in [0.25, 0.3) is 0 Å². The van der Waals surface area contributed by atoms with Crippen molar-refractivity contribution in [3.05, 3.63) is 53.3 Å². The number of rotatable bonds is 5. The zero-order valence-corrected chi connectivity index (χ0v) is 14.5. The molecule has 7 heteroatoms. The van der Waals surface area contributed by atoms with Gasteiger partial charge in [0.1, 0.15) is 5.75 Å². The number of fused-ring (bicyclic) bond motifs is 1. The predicted octanol–water partition coefficient (Wildman–Crippen LogP) is 2.87. The van der Waals surface area contributed by atoms with E-state index < -0.39 is 0 Å². The van der Waals surface area contributed by atoms with Gasteiger partial charge >= 0.3 is 6.03 Å². The molecule has 3 aromatic rings. The SMILES string of the molecule is CC(Cc1ccc(O)cc1)N(C)C(=O)NCc1cn2ccsc2n1. The predicted molar refractivity (Wildman–Crippen MR) is 94.3 cm³/mol. The monoisotopic (exact) mass is 344 g/mol. The van der Waals surface area contributed by atoms with Crippen molar-refractivity contribution in [2.24, 2.45) is 0 Å². The molecule has 0 aliphatic carbocycles. The zero-order chi connectivity index (χ0) is 17.1. The smallest absolute Gasteiger partial charge is 0.317 e. The highest BCUT2D eigenvalue weighted by Gasteiger charge is 2.16. The Hall–Kier alpha value is -2.54. The molecule has 0 saturated heterocycles. The third-order valence-corrected chi connectivity index (χ3v) is 4.78. The van der Waals surface area contributed by atoms with Gasteiger partial charge in [0.2, 0.25) is 0 Å². The van der Waals surface area contributed by atoms with Crippen LogP contribution in [-0.4, -0.2) is 38.5 Å². The fraction of sp³-hybridized carbons (Fsp3) is 0.294. The maximum absolute atomic E-state index is 12.3. The number of likely N-dealkylation sites (N-methyl/N-ethyl adjacent to an activating group) is 1. The standard InChI is InChI=1S/C17H20N4O2S/c1-12(9-13-3-5-15(22)6-4-13)20(2)16(23)18-10-14-11-21-7-8-24-17(21)19-14/h3-8,11-12,22H,9-10H2,1-2H3,(H,18,23). The molecule has 0 bridgehead atoms. The first-order chi connectivity index (χ1) is 11.5. The first kappa shape index (κ1) is 16.3. The molecule has 2 N–H and O–H groups in total. The van der Waals surface area contributed by atoms with Crippen LogP contribution >= 0.6 is 11.3 Å². The number of phenolic OH excluding ortho intramolecular Hbond substituents is 1. The van der Waals surface area contributed by atoms with Crippen LogP contribution in [0, 0.1) is 0 Å². The van der Waals surface area contributed by atoms with Gasteiger partial charge in [-0.1, -0.05) is 12.1 Å². The average molecular weight is 344 g/mol. The van der Waals surface area contributed by atoms with Crippen LogP contribution in [0.5, 0.6) is 5.75 Å². The molecule has 24 heavy (non-hydrogen) atoms. The van der Waals surface area contributed by atoms with Gasteiger partial charge in [0.05, 0.1) is 12.2 Å². The van der Waals surface area contributed by atoms with Crippen molar-refractivity contribution in [1.29, 1.82) is 0 Å². The lowest BCUT2D eigenvalue weighted by Crippen LogP contribution is -2.43. The molecule has 0 aliphatic heterocycles. The third-order valence-electron chi connectivity index (χ3n) is 4.01. The second-order valence-electron chi connectivity index (χ2n) is 5.81. The first-order valence-corrected chi connectivity index (χ1v) is 8.60. The molecule has 0 aliphatic rings. The number of imidazole rings is 1. The normalized spacial score (nSPS) is 12.2. The fourth-order valence-electron chi connectivity index (χ4n) is 2.46. The highest BCUT2D eigenvalue weighted by Crippen LogP contribution is 2.14. The van der Waals surface area contributed by atoms with Gasteiger partial charge in [-0.05, 0) is 31.0 Å². The molecule has 1 atom stereocenters. The average Bonchev–Trinajstić information content (AvgIpc) is 3.15. The van der Waals surface area contributed by atoms with Gasteiger partial charge in [0, 0.05) is 30.9 Å². The van der Waals surface area contributed by atoms with Crippen molar-refractivity contribution in [2.75, 3.05) is 7.05 Å². The van der Waals surface area contributed by atoms with Crippen LogP contribution in [0.3, 0.4) is 0 Å². The number of phenols is 1. The van der Waals surface area contributed by atoms with Gasteiger partial charge in [0.15, 0.2) is 4.96 Å². The molecular weight excluding hydrogens is 324 g/mol. The van der Waals surface area contributed by atoms with E-state index in [2.05, 4.69) is 10.3 Å². The van der Waals surface area contributed by atoms with Crippen LogP contribution in [-0.2, 0) is 13.0 Å². The van der Waals surface area contributed by atoms with Gasteiger partial charge in [-0.25, -0.2) is 9.78 Å². The molecule has 6 nitrogen and oxygen atoms in total. The lowest BCUT2D eigenvalue weighted by atomic mass is 10.1. The molecule has 2 aromatic heterocycles. The topological polar surface area (TPSA) is 69.9 Å². The minimum Gasteiger partial charge on any atom is -0.508 e. The number of aromatic hydroxyl groups is 1. The van der Waals surface area contributed by atoms with E-state index in [-0.39, 0.29) is 17.8 Å². The number of aromatic nitrogens is 2. The summed E-state index contributed by atoms with van der Waals surface area (Å²) in [4.78, 5) is 19.4. The lowest BCUT2D eigenvalue weighted by molar-refractivity contribution is 0.193. The fourth-order valence-corrected chi connectivity index (χ4v) is 3.18. The number of amides is 2. The molecule has 126 valence electrons. The maximum atomic E-state index is 12.3. The molecule has 2 heterocycles. The number of hydrogen-bond acceptors (Lipinski definition) is 4. The quantitative estimate of drug-likeness (QED) is 0.748. The summed E-state index contributed by atoms with van der Waals surface area (Å²) in [7, 11) is 1.78. The zero-order valence-electron chi connectivity index (χ0n) is 13.6. The van der Waals surface area contributed by atoms with E-state index >= 15 is 0 Å². The number of nitrogens with one attached hydrogen (secondary N) is 1. The van der Waals surface area contributed by atoms with E-state index in [1.165, 1.54) is 0 Å². The highest BCUT2D eigenvalue weighted by atomic mass is 32.1. The molecule has 0 radical (unpaired) electrons. The Morgan fingerprint density at radius 2 is 2.17 bits per heavy atom. The summed E-state index contributed by atoms with van der Waals surface area (Å²) in [6.07, 6.45) is 4.60. The Kier molecular flexibility index (Phi) is 4.71. The van der Waals surface area contributed by atoms with Crippen molar-refractivity contribution in [2.45, 2.75) is 25.9 Å². The van der Waals surface area contributed by atoms with Gasteiger partial charge in [-0.15, -0.1) is 11.3 Å². The van der Waals surface area contributed by atoms with E-state index in [1.807, 2.05) is 41.2 Å². The van der Waals surface area contributed by atoms with Crippen LogP contribution < -0.4 is 5.32 Å². The molecule has 1 unspecified atom stereocenters. The summed E-state index contributed by atoms with van der Waals surface area (Å²) < 4.78 is 1.95. The Morgan fingerprint density at radius 3 is 2.88 bits per heavy atom. The summed E-state index contributed by atoms with van der Waals surface area (Å²) >= 11 is 1.57. The van der Waals surface area contributed by atoms with E-state index in [4.69, 9.17) is 0 Å². The number of benzene rings is 1. The summed E-state index contributed by atoms with van der Waals surface area (Å²) in [5.41, 5.74) is 1.92. The second kappa shape index (κ2) is 6.92. The van der Waals surface area contributed by atoms with E-state index in [0.29, 0.717) is 6.54 Å². The Morgan fingerprint density at radius 1 is 1.42 bits per heavy atom. The van der Waals surface area contributed by atoms with Crippen molar-refractivity contribution in [3.63, 3.8) is 0 Å². The Balaban J connectivity index is 1.53. The molecular formula is C17H20N4O2S. The number of carbonyl (C=O) groups excluding carboxylic acids is 1. The number of hydrogen-bond donors (Lipinski definition) is 2. The summed E-state index contributed by atoms with van der Waals surface area (Å²) in [5.74, 6) is 0.248. The van der Waals surface area contributed by atoms with Crippen molar-refractivity contribution in [1.82, 2.24) is 19.6 Å². The van der Waals surface area contributed by atoms with Gasteiger partial charge in [-0.3, -0.25) is 4.40 Å².